The van der Waals surface area contributed by atoms with Gasteiger partial charge < -0.3 is 19.9 Å². The van der Waals surface area contributed by atoms with Crippen molar-refractivity contribution in [1.29, 1.82) is 0 Å². The molecule has 1 amide bonds. The van der Waals surface area contributed by atoms with Crippen molar-refractivity contribution in [3.8, 4) is 0 Å². The zero-order valence-corrected chi connectivity index (χ0v) is 15.8. The van der Waals surface area contributed by atoms with Gasteiger partial charge >= 0.3 is 0 Å². The highest BCUT2D eigenvalue weighted by Crippen LogP contribution is 2.24. The summed E-state index contributed by atoms with van der Waals surface area (Å²) in [5.74, 6) is 0.790. The highest BCUT2D eigenvalue weighted by atomic mass is 16.5. The van der Waals surface area contributed by atoms with Gasteiger partial charge in [-0.25, -0.2) is 4.99 Å². The average Bonchev–Trinajstić information content (AvgIpc) is 2.62. The van der Waals surface area contributed by atoms with Gasteiger partial charge in [-0.1, -0.05) is 31.2 Å². The minimum Gasteiger partial charge on any atom is -0.370 e. The number of aliphatic imine (C=N–C) groups is 1. The van der Waals surface area contributed by atoms with Gasteiger partial charge in [0.25, 0.3) is 0 Å². The molecule has 0 saturated carbocycles. The van der Waals surface area contributed by atoms with Crippen LogP contribution in [0.4, 0.5) is 0 Å². The van der Waals surface area contributed by atoms with E-state index in [2.05, 4.69) is 41.2 Å². The Balaban J connectivity index is 2.12. The molecule has 1 aromatic carbocycles. The van der Waals surface area contributed by atoms with Crippen LogP contribution in [0.25, 0.3) is 0 Å². The molecule has 1 heterocycles. The summed E-state index contributed by atoms with van der Waals surface area (Å²) in [6, 6.07) is 8.32. The molecular formula is C19H30N4O2. The number of hydrogen-bond donors (Lipinski definition) is 1. The molecule has 1 aliphatic rings. The fourth-order valence-corrected chi connectivity index (χ4v) is 2.77. The number of carbonyl (C=O) groups is 1. The molecule has 1 saturated heterocycles. The summed E-state index contributed by atoms with van der Waals surface area (Å²) in [5, 5.41) is 3.37. The minimum absolute atomic E-state index is 0.000452. The Morgan fingerprint density at radius 1 is 1.40 bits per heavy atom. The van der Waals surface area contributed by atoms with E-state index < -0.39 is 0 Å². The third kappa shape index (κ3) is 5.46. The molecule has 138 valence electrons. The molecule has 1 atom stereocenters. The van der Waals surface area contributed by atoms with Crippen LogP contribution in [0.1, 0.15) is 30.6 Å². The second-order valence-corrected chi connectivity index (χ2v) is 6.52. The van der Waals surface area contributed by atoms with Gasteiger partial charge in [-0.2, -0.15) is 0 Å². The number of likely N-dealkylation sites (N-methyl/N-ethyl adjacent to an activating group) is 1. The monoisotopic (exact) mass is 346 g/mol. The number of ether oxygens (including phenoxy) is 1. The van der Waals surface area contributed by atoms with Crippen LogP contribution >= 0.6 is 0 Å². The van der Waals surface area contributed by atoms with Crippen LogP contribution in [0.15, 0.2) is 29.3 Å². The topological polar surface area (TPSA) is 57.2 Å². The van der Waals surface area contributed by atoms with Crippen LogP contribution in [0.3, 0.4) is 0 Å². The van der Waals surface area contributed by atoms with Gasteiger partial charge in [-0.15, -0.1) is 0 Å². The molecule has 6 heteroatoms. The molecule has 2 rings (SSSR count). The first-order chi connectivity index (χ1) is 12.0. The Hall–Kier alpha value is -2.08. The summed E-state index contributed by atoms with van der Waals surface area (Å²) in [6.07, 6.45) is 1.03. The van der Waals surface area contributed by atoms with Crippen LogP contribution in [-0.2, 0) is 9.53 Å². The Kier molecular flexibility index (Phi) is 7.25. The third-order valence-corrected chi connectivity index (χ3v) is 4.30. The molecular weight excluding hydrogens is 316 g/mol. The van der Waals surface area contributed by atoms with Crippen molar-refractivity contribution < 1.29 is 9.53 Å². The number of nitrogens with one attached hydrogen (secondary N) is 1. The lowest BCUT2D eigenvalue weighted by Gasteiger charge is -2.36. The predicted octanol–water partition coefficient (Wildman–Crippen LogP) is 1.81. The van der Waals surface area contributed by atoms with Crippen molar-refractivity contribution >= 4 is 11.9 Å². The van der Waals surface area contributed by atoms with E-state index in [0.29, 0.717) is 6.61 Å². The normalized spacial score (nSPS) is 18.2. The quantitative estimate of drug-likeness (QED) is 0.653. The maximum atomic E-state index is 11.9. The molecule has 1 aliphatic heterocycles. The van der Waals surface area contributed by atoms with Gasteiger partial charge in [0.05, 0.1) is 13.2 Å². The first-order valence-electron chi connectivity index (χ1n) is 8.93. The van der Waals surface area contributed by atoms with Crippen LogP contribution in [0.2, 0.25) is 0 Å². The van der Waals surface area contributed by atoms with Crippen molar-refractivity contribution in [2.75, 3.05) is 46.9 Å². The number of aryl methyl sites for hydroxylation is 1. The third-order valence-electron chi connectivity index (χ3n) is 4.30. The van der Waals surface area contributed by atoms with Crippen LogP contribution in [-0.4, -0.2) is 68.5 Å². The molecule has 1 N–H and O–H groups in total. The lowest BCUT2D eigenvalue weighted by atomic mass is 10.0. The van der Waals surface area contributed by atoms with Crippen molar-refractivity contribution in [2.45, 2.75) is 26.4 Å². The summed E-state index contributed by atoms with van der Waals surface area (Å²) in [6.45, 7) is 7.37. The number of morpholine rings is 1. The van der Waals surface area contributed by atoms with Gasteiger partial charge in [0, 0.05) is 27.2 Å². The summed E-state index contributed by atoms with van der Waals surface area (Å²) >= 11 is 0. The Labute approximate surface area is 150 Å². The average molecular weight is 346 g/mol. The van der Waals surface area contributed by atoms with E-state index in [4.69, 9.17) is 4.74 Å². The Morgan fingerprint density at radius 2 is 2.16 bits per heavy atom. The van der Waals surface area contributed by atoms with Crippen molar-refractivity contribution in [3.63, 3.8) is 0 Å². The van der Waals surface area contributed by atoms with Crippen molar-refractivity contribution in [2.24, 2.45) is 4.99 Å². The molecule has 0 aromatic heterocycles. The minimum atomic E-state index is -0.000452. The molecule has 0 spiro atoms. The second kappa shape index (κ2) is 9.42. The fourth-order valence-electron chi connectivity index (χ4n) is 2.77. The molecule has 25 heavy (non-hydrogen) atoms. The van der Waals surface area contributed by atoms with E-state index in [-0.39, 0.29) is 18.6 Å². The lowest BCUT2D eigenvalue weighted by Crippen LogP contribution is -2.48. The number of amides is 1. The summed E-state index contributed by atoms with van der Waals surface area (Å²) in [5.41, 5.74) is 2.45. The van der Waals surface area contributed by atoms with Crippen LogP contribution < -0.4 is 5.32 Å². The number of nitrogens with zero attached hydrogens (tertiary/aromatic N) is 3. The van der Waals surface area contributed by atoms with E-state index in [1.54, 1.807) is 19.0 Å². The van der Waals surface area contributed by atoms with Crippen LogP contribution in [0, 0.1) is 6.92 Å². The van der Waals surface area contributed by atoms with E-state index in [1.165, 1.54) is 11.1 Å². The molecule has 0 radical (unpaired) electrons. The largest absolute Gasteiger partial charge is 0.370 e. The van der Waals surface area contributed by atoms with Gasteiger partial charge in [0.1, 0.15) is 12.6 Å². The maximum absolute atomic E-state index is 11.9. The Bertz CT molecular complexity index is 601. The standard InChI is InChI=1S/C19H30N4O2/c1-5-10-20-19(21-13-18(24)22(3)4)23-11-12-25-17(14-23)16-9-7-6-8-15(16)2/h6-9,17H,5,10-14H2,1-4H3,(H,20,21). The number of hydrogen-bond acceptors (Lipinski definition) is 3. The summed E-state index contributed by atoms with van der Waals surface area (Å²) < 4.78 is 5.99. The molecule has 1 unspecified atom stereocenters. The zero-order valence-electron chi connectivity index (χ0n) is 15.8. The van der Waals surface area contributed by atoms with Crippen LogP contribution in [0.5, 0.6) is 0 Å². The number of benzene rings is 1. The van der Waals surface area contributed by atoms with Crippen molar-refractivity contribution in [3.05, 3.63) is 35.4 Å². The van der Waals surface area contributed by atoms with Gasteiger partial charge in [-0.05, 0) is 24.5 Å². The van der Waals surface area contributed by atoms with E-state index >= 15 is 0 Å². The molecule has 1 fully saturated rings. The van der Waals surface area contributed by atoms with Crippen molar-refractivity contribution in [1.82, 2.24) is 15.1 Å². The highest BCUT2D eigenvalue weighted by molar-refractivity contribution is 5.85. The lowest BCUT2D eigenvalue weighted by molar-refractivity contribution is -0.127. The van der Waals surface area contributed by atoms with Gasteiger partial charge in [0.15, 0.2) is 5.96 Å². The number of guanidine groups is 1. The first kappa shape index (κ1) is 19.2. The maximum Gasteiger partial charge on any atom is 0.243 e. The number of rotatable bonds is 5. The molecule has 6 nitrogen and oxygen atoms in total. The number of carbonyl (C=O) groups excluding carboxylic acids is 1. The Morgan fingerprint density at radius 3 is 2.84 bits per heavy atom. The van der Waals surface area contributed by atoms with Gasteiger partial charge in [-0.3, -0.25) is 4.79 Å². The van der Waals surface area contributed by atoms with E-state index in [1.807, 2.05) is 12.1 Å². The predicted molar refractivity (Wildman–Crippen MR) is 101 cm³/mol. The SMILES string of the molecule is CCCNC(=NCC(=O)N(C)C)N1CCOC(c2ccccc2C)C1. The van der Waals surface area contributed by atoms with Gasteiger partial charge in [0.2, 0.25) is 5.91 Å². The van der Waals surface area contributed by atoms with E-state index in [9.17, 15) is 4.79 Å². The first-order valence-corrected chi connectivity index (χ1v) is 8.93. The zero-order chi connectivity index (χ0) is 18.2. The second-order valence-electron chi connectivity index (χ2n) is 6.52. The smallest absolute Gasteiger partial charge is 0.243 e. The molecule has 0 aliphatic carbocycles. The highest BCUT2D eigenvalue weighted by Gasteiger charge is 2.25. The molecule has 1 aromatic rings. The fraction of sp³-hybridized carbons (Fsp3) is 0.579. The molecule has 0 bridgehead atoms. The summed E-state index contributed by atoms with van der Waals surface area (Å²) in [7, 11) is 3.50. The summed E-state index contributed by atoms with van der Waals surface area (Å²) in [4.78, 5) is 20.2. The van der Waals surface area contributed by atoms with E-state index in [0.717, 1.165) is 32.0 Å².